The second-order valence-electron chi connectivity index (χ2n) is 8.80. The van der Waals surface area contributed by atoms with Gasteiger partial charge in [-0.1, -0.05) is 50.2 Å². The average Bonchev–Trinajstić information content (AvgIpc) is 3.22. The Hall–Kier alpha value is -4.53. The van der Waals surface area contributed by atoms with Gasteiger partial charge in [0.05, 0.1) is 16.8 Å². The molecule has 0 spiro atoms. The molecule has 0 fully saturated rings. The lowest BCUT2D eigenvalue weighted by Gasteiger charge is -2.14. The molecule has 2 aliphatic rings. The molecule has 0 bridgehead atoms. The Bertz CT molecular complexity index is 1530. The highest BCUT2D eigenvalue weighted by atomic mass is 16.6. The number of nitrogens with zero attached hydrogens (tertiary/aromatic N) is 5. The molecular formula is C27H27N5O4. The van der Waals surface area contributed by atoms with Crippen molar-refractivity contribution in [1.82, 2.24) is 18.9 Å². The topological polar surface area (TPSA) is 105 Å². The van der Waals surface area contributed by atoms with Gasteiger partial charge in [0, 0.05) is 24.8 Å². The number of para-hydroxylation sites is 1. The molecule has 1 aromatic carbocycles. The molecule has 0 atom stereocenters. The molecule has 2 aromatic heterocycles. The van der Waals surface area contributed by atoms with Crippen molar-refractivity contribution < 1.29 is 4.92 Å². The van der Waals surface area contributed by atoms with Gasteiger partial charge in [-0.25, -0.2) is 9.48 Å². The fourth-order valence-electron chi connectivity index (χ4n) is 3.86. The van der Waals surface area contributed by atoms with E-state index in [9.17, 15) is 19.7 Å². The molecule has 0 unspecified atom stereocenters. The van der Waals surface area contributed by atoms with Crippen molar-refractivity contribution in [2.45, 2.75) is 33.9 Å². The second kappa shape index (κ2) is 10.4. The maximum absolute atomic E-state index is 12.8. The molecular weight excluding hydrogens is 458 g/mol. The summed E-state index contributed by atoms with van der Waals surface area (Å²) in [6, 6.07) is 18.0. The summed E-state index contributed by atoms with van der Waals surface area (Å²) in [5.74, 6) is 0.0538. The molecule has 9 nitrogen and oxygen atoms in total. The first-order chi connectivity index (χ1) is 17.3. The highest BCUT2D eigenvalue weighted by molar-refractivity contribution is 5.80. The van der Waals surface area contributed by atoms with Crippen LogP contribution in [0.1, 0.15) is 32.0 Å². The summed E-state index contributed by atoms with van der Waals surface area (Å²) < 4.78 is 3.86. The Morgan fingerprint density at radius 3 is 2.22 bits per heavy atom. The van der Waals surface area contributed by atoms with E-state index >= 15 is 0 Å². The Kier molecular flexibility index (Phi) is 7.10. The van der Waals surface area contributed by atoms with Gasteiger partial charge >= 0.3 is 16.9 Å². The fraction of sp³-hybridized carbons (Fsp3) is 0.222. The number of benzene rings is 2. The summed E-state index contributed by atoms with van der Waals surface area (Å²) in [7, 11) is 0. The zero-order valence-corrected chi connectivity index (χ0v) is 20.4. The fourth-order valence-corrected chi connectivity index (χ4v) is 3.86. The van der Waals surface area contributed by atoms with Gasteiger partial charge in [0.15, 0.2) is 0 Å². The monoisotopic (exact) mass is 485 g/mol. The van der Waals surface area contributed by atoms with E-state index in [0.717, 1.165) is 10.3 Å². The van der Waals surface area contributed by atoms with Crippen LogP contribution in [0.4, 0.5) is 5.69 Å². The van der Waals surface area contributed by atoms with E-state index in [0.29, 0.717) is 5.56 Å². The van der Waals surface area contributed by atoms with Gasteiger partial charge in [-0.15, -0.1) is 0 Å². The van der Waals surface area contributed by atoms with Crippen LogP contribution in [0.25, 0.3) is 29.0 Å². The Morgan fingerprint density at radius 2 is 1.69 bits per heavy atom. The van der Waals surface area contributed by atoms with Crippen molar-refractivity contribution in [2.75, 3.05) is 0 Å². The van der Waals surface area contributed by atoms with Gasteiger partial charge in [0.25, 0.3) is 0 Å². The molecule has 0 saturated heterocycles. The third-order valence-corrected chi connectivity index (χ3v) is 5.66. The second-order valence-corrected chi connectivity index (χ2v) is 8.80. The Morgan fingerprint density at radius 1 is 1.00 bits per heavy atom. The number of fused-ring (bicyclic) bond motifs is 1. The molecule has 184 valence electrons. The molecule has 5 rings (SSSR count). The van der Waals surface area contributed by atoms with Crippen molar-refractivity contribution in [3.63, 3.8) is 0 Å². The van der Waals surface area contributed by atoms with Crippen LogP contribution >= 0.6 is 0 Å². The van der Waals surface area contributed by atoms with E-state index in [1.807, 2.05) is 44.2 Å². The normalized spacial score (nSPS) is 11.4. The van der Waals surface area contributed by atoms with E-state index in [-0.39, 0.29) is 24.7 Å². The summed E-state index contributed by atoms with van der Waals surface area (Å²) in [6.07, 6.45) is 6.42. The molecule has 9 heteroatoms. The summed E-state index contributed by atoms with van der Waals surface area (Å²) >= 11 is 0. The van der Waals surface area contributed by atoms with Gasteiger partial charge in [0.2, 0.25) is 0 Å². The molecule has 3 aromatic rings. The van der Waals surface area contributed by atoms with Gasteiger partial charge in [-0.05, 0) is 54.3 Å². The van der Waals surface area contributed by atoms with Crippen molar-refractivity contribution in [3.8, 4) is 16.8 Å². The number of hydrogen-bond acceptors (Lipinski definition) is 5. The van der Waals surface area contributed by atoms with Crippen molar-refractivity contribution in [3.05, 3.63) is 109 Å². The highest BCUT2D eigenvalue weighted by Gasteiger charge is 2.26. The maximum Gasteiger partial charge on any atom is 0.357 e. The lowest BCUT2D eigenvalue weighted by atomic mass is 10.2. The smallest absolute Gasteiger partial charge is 0.287 e. The number of hydrogen-bond donors (Lipinski definition) is 0. The third-order valence-electron chi connectivity index (χ3n) is 5.66. The first-order valence-corrected chi connectivity index (χ1v) is 11.7. The summed E-state index contributed by atoms with van der Waals surface area (Å²) in [6.45, 7) is 5.72. The van der Waals surface area contributed by atoms with Crippen LogP contribution in [0.15, 0.2) is 76.6 Å². The van der Waals surface area contributed by atoms with Crippen LogP contribution < -0.4 is 11.2 Å². The number of aromatic nitrogens is 4. The van der Waals surface area contributed by atoms with Crippen LogP contribution in [0.3, 0.4) is 0 Å². The van der Waals surface area contributed by atoms with Crippen LogP contribution in [0.5, 0.6) is 0 Å². The first kappa shape index (κ1) is 24.6. The summed E-state index contributed by atoms with van der Waals surface area (Å²) in [4.78, 5) is 36.3. The average molecular weight is 486 g/mol. The van der Waals surface area contributed by atoms with Crippen LogP contribution in [0.2, 0.25) is 0 Å². The molecule has 0 amide bonds. The van der Waals surface area contributed by atoms with Crippen molar-refractivity contribution in [1.29, 1.82) is 0 Å². The zero-order valence-electron chi connectivity index (χ0n) is 20.4. The third kappa shape index (κ3) is 5.25. The van der Waals surface area contributed by atoms with Gasteiger partial charge < -0.3 is 0 Å². The molecule has 0 radical (unpaired) electrons. The zero-order chi connectivity index (χ0) is 25.8. The number of rotatable bonds is 7. The van der Waals surface area contributed by atoms with E-state index in [1.54, 1.807) is 30.1 Å². The molecule has 2 aliphatic carbocycles. The SMILES string of the molecule is CCn1c(=O)c([N+](=O)[O-])c(C=Cc2cnn(-c3ccccc3)c2)n(CC(C)C)c1=O.c1cc2cc-2c1. The standard InChI is InChI=1S/C21H23N5O4.C6H4/c1-4-23-20(27)19(26(29)30)18(24(21(23)28)13-15(2)3)11-10-16-12-22-25(14-16)17-8-6-5-7-9-17;1-2-5-4-6(5)3-1/h5-12,14-15H,4,13H2,1-3H3;1-4H. The van der Waals surface area contributed by atoms with E-state index < -0.39 is 21.9 Å². The molecule has 2 heterocycles. The molecule has 0 saturated carbocycles. The van der Waals surface area contributed by atoms with E-state index in [4.69, 9.17) is 0 Å². The minimum Gasteiger partial charge on any atom is -0.287 e. The highest BCUT2D eigenvalue weighted by Crippen LogP contribution is 2.32. The van der Waals surface area contributed by atoms with Crippen LogP contribution in [-0.4, -0.2) is 23.8 Å². The van der Waals surface area contributed by atoms with Crippen molar-refractivity contribution >= 4 is 17.8 Å². The molecule has 0 N–H and O–H groups in total. The summed E-state index contributed by atoms with van der Waals surface area (Å²) in [5.41, 5.74) is 2.32. The van der Waals surface area contributed by atoms with Crippen LogP contribution in [-0.2, 0) is 13.1 Å². The first-order valence-electron chi connectivity index (χ1n) is 11.7. The lowest BCUT2D eigenvalue weighted by Crippen LogP contribution is -2.42. The Balaban J connectivity index is 0.000000434. The predicted molar refractivity (Wildman–Crippen MR) is 140 cm³/mol. The predicted octanol–water partition coefficient (Wildman–Crippen LogP) is 4.62. The van der Waals surface area contributed by atoms with Gasteiger partial charge in [-0.2, -0.15) is 5.10 Å². The van der Waals surface area contributed by atoms with Gasteiger partial charge in [0.1, 0.15) is 5.69 Å². The van der Waals surface area contributed by atoms with Crippen molar-refractivity contribution in [2.24, 2.45) is 5.92 Å². The van der Waals surface area contributed by atoms with Gasteiger partial charge in [-0.3, -0.25) is 24.0 Å². The molecule has 0 aliphatic heterocycles. The van der Waals surface area contributed by atoms with Crippen LogP contribution in [0, 0.1) is 16.0 Å². The Labute approximate surface area is 207 Å². The van der Waals surface area contributed by atoms with E-state index in [1.165, 1.54) is 21.8 Å². The minimum absolute atomic E-state index is 0.0131. The lowest BCUT2D eigenvalue weighted by molar-refractivity contribution is -0.387. The van der Waals surface area contributed by atoms with E-state index in [2.05, 4.69) is 29.4 Å². The summed E-state index contributed by atoms with van der Waals surface area (Å²) in [5, 5.41) is 16.0. The number of nitro groups is 1. The molecule has 36 heavy (non-hydrogen) atoms. The quantitative estimate of drug-likeness (QED) is 0.247. The maximum atomic E-state index is 12.8. The largest absolute Gasteiger partial charge is 0.357 e. The minimum atomic E-state index is -0.896.